The van der Waals surface area contributed by atoms with Crippen LogP contribution in [0.15, 0.2) is 185 Å². The minimum absolute atomic E-state index is 0.558. The fraction of sp³-hybridized carbons (Fsp3) is 0. The lowest BCUT2D eigenvalue weighted by Crippen LogP contribution is -2.00. The van der Waals surface area contributed by atoms with Crippen molar-refractivity contribution < 1.29 is 8.83 Å². The molecule has 0 radical (unpaired) electrons. The summed E-state index contributed by atoms with van der Waals surface area (Å²) >= 11 is 1.83. The van der Waals surface area contributed by atoms with E-state index in [0.717, 1.165) is 77.3 Å². The van der Waals surface area contributed by atoms with E-state index in [-0.39, 0.29) is 0 Å². The van der Waals surface area contributed by atoms with Crippen molar-refractivity contribution >= 4 is 75.4 Å². The molecule has 0 N–H and O–H groups in total. The third-order valence-electron chi connectivity index (χ3n) is 11.0. The smallest absolute Gasteiger partial charge is 0.167 e. The van der Waals surface area contributed by atoms with Crippen molar-refractivity contribution in [1.82, 2.24) is 15.0 Å². The molecule has 0 fully saturated rings. The first-order valence-corrected chi connectivity index (χ1v) is 19.7. The maximum Gasteiger partial charge on any atom is 0.167 e. The topological polar surface area (TPSA) is 65.0 Å². The molecule has 0 atom stereocenters. The number of hydrogen-bond acceptors (Lipinski definition) is 6. The predicted octanol–water partition coefficient (Wildman–Crippen LogP) is 14.4. The molecule has 0 unspecified atom stereocenters. The van der Waals surface area contributed by atoms with E-state index in [1.807, 2.05) is 78.1 Å². The zero-order valence-electron chi connectivity index (χ0n) is 30.3. The largest absolute Gasteiger partial charge is 0.455 e. The molecule has 0 bridgehead atoms. The Morgan fingerprint density at radius 1 is 0.316 bits per heavy atom. The summed E-state index contributed by atoms with van der Waals surface area (Å²) in [6, 6.07) is 60.9. The van der Waals surface area contributed by atoms with Crippen molar-refractivity contribution in [2.75, 3.05) is 0 Å². The quantitative estimate of drug-likeness (QED) is 0.175. The molecule has 5 nitrogen and oxygen atoms in total. The molecule has 0 spiro atoms. The lowest BCUT2D eigenvalue weighted by molar-refractivity contribution is 0.669. The summed E-state index contributed by atoms with van der Waals surface area (Å²) in [7, 11) is 0. The number of para-hydroxylation sites is 3. The van der Waals surface area contributed by atoms with E-state index in [4.69, 9.17) is 23.8 Å². The van der Waals surface area contributed by atoms with Crippen molar-refractivity contribution in [3.8, 4) is 56.4 Å². The van der Waals surface area contributed by atoms with Crippen LogP contribution in [0, 0.1) is 0 Å². The van der Waals surface area contributed by atoms with Gasteiger partial charge in [0.1, 0.15) is 22.3 Å². The predicted molar refractivity (Wildman–Crippen MR) is 234 cm³/mol. The van der Waals surface area contributed by atoms with Gasteiger partial charge in [-0.25, -0.2) is 15.0 Å². The maximum absolute atomic E-state index is 6.76. The molecule has 4 aromatic heterocycles. The van der Waals surface area contributed by atoms with Crippen LogP contribution in [-0.4, -0.2) is 15.0 Å². The number of nitrogens with zero attached hydrogens (tertiary/aromatic N) is 3. The van der Waals surface area contributed by atoms with Gasteiger partial charge in [0.25, 0.3) is 0 Å². The van der Waals surface area contributed by atoms with Crippen LogP contribution >= 0.6 is 11.3 Å². The van der Waals surface area contributed by atoms with Gasteiger partial charge in [0.15, 0.2) is 17.5 Å². The summed E-state index contributed by atoms with van der Waals surface area (Å²) in [5.41, 5.74) is 10.4. The van der Waals surface area contributed by atoms with Crippen LogP contribution < -0.4 is 0 Å². The summed E-state index contributed by atoms with van der Waals surface area (Å²) in [5, 5.41) is 6.81. The van der Waals surface area contributed by atoms with Crippen molar-refractivity contribution in [3.05, 3.63) is 176 Å². The minimum atomic E-state index is 0.558. The first-order chi connectivity index (χ1) is 28.2. The van der Waals surface area contributed by atoms with Gasteiger partial charge in [-0.3, -0.25) is 0 Å². The normalized spacial score (nSPS) is 11.9. The van der Waals surface area contributed by atoms with Gasteiger partial charge in [-0.1, -0.05) is 140 Å². The summed E-state index contributed by atoms with van der Waals surface area (Å²) in [6.45, 7) is 0. The Morgan fingerprint density at radius 2 is 0.877 bits per heavy atom. The Kier molecular flexibility index (Phi) is 7.03. The number of hydrogen-bond donors (Lipinski definition) is 0. The lowest BCUT2D eigenvalue weighted by atomic mass is 9.92. The van der Waals surface area contributed by atoms with E-state index in [0.29, 0.717) is 17.5 Å². The SMILES string of the molecule is c1ccc(-c2nc(-c3ccc(-c4ccc(-c5cccc6sc7ccccc7c56)c5oc6ccccc6c45)cc3)nc(-c3cccc4c3oc3ccccc34)n2)cc1. The van der Waals surface area contributed by atoms with Crippen LogP contribution in [-0.2, 0) is 0 Å². The van der Waals surface area contributed by atoms with E-state index < -0.39 is 0 Å². The molecule has 0 aliphatic heterocycles. The average molecular weight is 748 g/mol. The molecule has 6 heteroatoms. The second-order valence-corrected chi connectivity index (χ2v) is 15.4. The van der Waals surface area contributed by atoms with Crippen LogP contribution in [0.25, 0.3) is 120 Å². The molecular weight excluding hydrogens is 719 g/mol. The van der Waals surface area contributed by atoms with Gasteiger partial charge < -0.3 is 8.83 Å². The van der Waals surface area contributed by atoms with Gasteiger partial charge in [-0.15, -0.1) is 11.3 Å². The fourth-order valence-electron chi connectivity index (χ4n) is 8.34. The summed E-state index contributed by atoms with van der Waals surface area (Å²) < 4.78 is 15.7. The highest BCUT2D eigenvalue weighted by atomic mass is 32.1. The van der Waals surface area contributed by atoms with Crippen LogP contribution in [0.2, 0.25) is 0 Å². The third-order valence-corrected chi connectivity index (χ3v) is 12.1. The van der Waals surface area contributed by atoms with Crippen LogP contribution in [0.1, 0.15) is 0 Å². The fourth-order valence-corrected chi connectivity index (χ4v) is 9.48. The van der Waals surface area contributed by atoms with Crippen molar-refractivity contribution in [2.45, 2.75) is 0 Å². The molecule has 0 amide bonds. The van der Waals surface area contributed by atoms with Crippen LogP contribution in [0.4, 0.5) is 0 Å². The Labute approximate surface area is 330 Å². The molecule has 0 aliphatic rings. The highest BCUT2D eigenvalue weighted by Crippen LogP contribution is 2.46. The van der Waals surface area contributed by atoms with E-state index in [1.165, 1.54) is 25.7 Å². The first kappa shape index (κ1) is 31.9. The number of furan rings is 2. The van der Waals surface area contributed by atoms with E-state index in [1.54, 1.807) is 0 Å². The van der Waals surface area contributed by atoms with Crippen molar-refractivity contribution in [1.29, 1.82) is 0 Å². The minimum Gasteiger partial charge on any atom is -0.455 e. The average Bonchev–Trinajstić information content (AvgIpc) is 3.98. The van der Waals surface area contributed by atoms with Gasteiger partial charge in [-0.2, -0.15) is 0 Å². The second kappa shape index (κ2) is 12.6. The van der Waals surface area contributed by atoms with E-state index in [2.05, 4.69) is 109 Å². The second-order valence-electron chi connectivity index (χ2n) is 14.3. The van der Waals surface area contributed by atoms with E-state index >= 15 is 0 Å². The van der Waals surface area contributed by atoms with Gasteiger partial charge in [0, 0.05) is 58.4 Å². The van der Waals surface area contributed by atoms with E-state index in [9.17, 15) is 0 Å². The molecular formula is C51H29N3O2S. The highest BCUT2D eigenvalue weighted by Gasteiger charge is 2.21. The number of fused-ring (bicyclic) bond motifs is 9. The zero-order chi connectivity index (χ0) is 37.5. The third kappa shape index (κ3) is 5.04. The Hall–Kier alpha value is -7.41. The molecule has 0 aliphatic carbocycles. The Bertz CT molecular complexity index is 3530. The number of benzene rings is 8. The maximum atomic E-state index is 6.76. The standard InChI is InChI=1S/C51H29N3O2S/c1-2-12-31(13-3-1)49-52-50(54-51(53-49)40-19-10-18-36-34-14-4-7-20-41(34)55-47(36)40)32-26-24-30(25-27-32)33-28-29-37(48-46(33)38-15-5-8-21-42(38)56-48)35-17-11-23-44-45(35)39-16-6-9-22-43(39)57-44/h1-29H. The van der Waals surface area contributed by atoms with Crippen molar-refractivity contribution in [3.63, 3.8) is 0 Å². The summed E-state index contributed by atoms with van der Waals surface area (Å²) in [6.07, 6.45) is 0. The molecule has 57 heavy (non-hydrogen) atoms. The molecule has 4 heterocycles. The Morgan fingerprint density at radius 3 is 1.70 bits per heavy atom. The summed E-state index contributed by atoms with van der Waals surface area (Å²) in [5.74, 6) is 1.75. The van der Waals surface area contributed by atoms with Gasteiger partial charge in [0.2, 0.25) is 0 Å². The molecule has 12 rings (SSSR count). The molecule has 8 aromatic carbocycles. The highest BCUT2D eigenvalue weighted by molar-refractivity contribution is 7.25. The van der Waals surface area contributed by atoms with Gasteiger partial charge >= 0.3 is 0 Å². The summed E-state index contributed by atoms with van der Waals surface area (Å²) in [4.78, 5) is 15.1. The molecule has 12 aromatic rings. The van der Waals surface area contributed by atoms with Crippen LogP contribution in [0.5, 0.6) is 0 Å². The zero-order valence-corrected chi connectivity index (χ0v) is 31.1. The molecule has 266 valence electrons. The number of thiophene rings is 1. The monoisotopic (exact) mass is 747 g/mol. The van der Waals surface area contributed by atoms with Gasteiger partial charge in [0.05, 0.1) is 5.56 Å². The molecule has 0 saturated heterocycles. The van der Waals surface area contributed by atoms with Gasteiger partial charge in [-0.05, 0) is 53.1 Å². The lowest BCUT2D eigenvalue weighted by Gasteiger charge is -2.11. The Balaban J connectivity index is 1.01. The number of aromatic nitrogens is 3. The molecule has 0 saturated carbocycles. The number of rotatable bonds is 5. The van der Waals surface area contributed by atoms with Crippen molar-refractivity contribution in [2.24, 2.45) is 0 Å². The first-order valence-electron chi connectivity index (χ1n) is 18.9. The van der Waals surface area contributed by atoms with Crippen LogP contribution in [0.3, 0.4) is 0 Å².